The van der Waals surface area contributed by atoms with Crippen LogP contribution in [0.25, 0.3) is 131 Å². The maximum Gasteiger partial charge on any atom is 0.143 e. The van der Waals surface area contributed by atoms with Gasteiger partial charge in [-0.3, -0.25) is 0 Å². The molecule has 272 valence electrons. The lowest BCUT2D eigenvalue weighted by molar-refractivity contribution is 0.673. The molecule has 0 aliphatic carbocycles. The van der Waals surface area contributed by atoms with Crippen LogP contribution in [0, 0.1) is 0 Å². The molecule has 0 aliphatic rings. The molecule has 1 heteroatoms. The van der Waals surface area contributed by atoms with Crippen molar-refractivity contribution in [3.63, 3.8) is 0 Å². The van der Waals surface area contributed by atoms with E-state index in [-0.39, 0.29) is 0 Å². The van der Waals surface area contributed by atoms with Gasteiger partial charge in [-0.05, 0) is 140 Å². The summed E-state index contributed by atoms with van der Waals surface area (Å²) >= 11 is 0. The lowest BCUT2D eigenvalue weighted by Gasteiger charge is -2.19. The van der Waals surface area contributed by atoms with Gasteiger partial charge in [-0.25, -0.2) is 0 Å². The smallest absolute Gasteiger partial charge is 0.143 e. The summed E-state index contributed by atoms with van der Waals surface area (Å²) in [7, 11) is 0. The molecule has 1 heterocycles. The second kappa shape index (κ2) is 12.4. The van der Waals surface area contributed by atoms with Crippen molar-refractivity contribution in [3.05, 3.63) is 206 Å². The van der Waals surface area contributed by atoms with Gasteiger partial charge in [-0.2, -0.15) is 0 Å². The van der Waals surface area contributed by atoms with Gasteiger partial charge in [0.1, 0.15) is 11.2 Å². The van der Waals surface area contributed by atoms with Gasteiger partial charge in [0.2, 0.25) is 0 Å². The predicted molar refractivity (Wildman–Crippen MR) is 253 cm³/mol. The van der Waals surface area contributed by atoms with E-state index in [4.69, 9.17) is 4.42 Å². The lowest BCUT2D eigenvalue weighted by Crippen LogP contribution is -1.91. The molecule has 0 atom stereocenters. The zero-order chi connectivity index (χ0) is 38.6. The maximum atomic E-state index is 6.73. The van der Waals surface area contributed by atoms with Crippen LogP contribution in [0.4, 0.5) is 0 Å². The first kappa shape index (κ1) is 32.4. The van der Waals surface area contributed by atoms with Crippen LogP contribution >= 0.6 is 0 Å². The molecule has 0 amide bonds. The van der Waals surface area contributed by atoms with E-state index in [0.717, 1.165) is 21.9 Å². The van der Waals surface area contributed by atoms with Gasteiger partial charge < -0.3 is 4.42 Å². The van der Waals surface area contributed by atoms with Crippen LogP contribution in [-0.4, -0.2) is 0 Å². The van der Waals surface area contributed by atoms with E-state index in [1.165, 1.54) is 109 Å². The Morgan fingerprint density at radius 3 is 1.49 bits per heavy atom. The largest absolute Gasteiger partial charge is 0.455 e. The first-order valence-electron chi connectivity index (χ1n) is 20.4. The number of hydrogen-bond acceptors (Lipinski definition) is 1. The Balaban J connectivity index is 0.964. The Labute approximate surface area is 340 Å². The molecule has 13 rings (SSSR count). The summed E-state index contributed by atoms with van der Waals surface area (Å²) in [6, 6.07) is 75.8. The summed E-state index contributed by atoms with van der Waals surface area (Å²) in [6.07, 6.45) is 0. The molecule has 1 aromatic heterocycles. The zero-order valence-electron chi connectivity index (χ0n) is 32.0. The fraction of sp³-hybridized carbons (Fsp3) is 0. The maximum absolute atomic E-state index is 6.73. The highest BCUT2D eigenvalue weighted by Crippen LogP contribution is 2.47. The third-order valence-electron chi connectivity index (χ3n) is 12.8. The lowest BCUT2D eigenvalue weighted by atomic mass is 9.84. The van der Waals surface area contributed by atoms with Crippen molar-refractivity contribution in [1.29, 1.82) is 0 Å². The third-order valence-corrected chi connectivity index (χ3v) is 12.8. The molecule has 0 bridgehead atoms. The Hall–Kier alpha value is -7.74. The predicted octanol–water partition coefficient (Wildman–Crippen LogP) is 16.7. The average Bonchev–Trinajstić information content (AvgIpc) is 3.68. The first-order chi connectivity index (χ1) is 29.2. The summed E-state index contributed by atoms with van der Waals surface area (Å²) in [4.78, 5) is 0. The van der Waals surface area contributed by atoms with Crippen molar-refractivity contribution in [2.75, 3.05) is 0 Å². The monoisotopic (exact) mass is 746 g/mol. The minimum Gasteiger partial charge on any atom is -0.455 e. The van der Waals surface area contributed by atoms with Crippen molar-refractivity contribution < 1.29 is 4.42 Å². The molecule has 0 fully saturated rings. The van der Waals surface area contributed by atoms with E-state index in [1.54, 1.807) is 0 Å². The van der Waals surface area contributed by atoms with E-state index in [2.05, 4.69) is 206 Å². The highest BCUT2D eigenvalue weighted by atomic mass is 16.3. The van der Waals surface area contributed by atoms with Gasteiger partial charge in [0.25, 0.3) is 0 Å². The van der Waals surface area contributed by atoms with Crippen molar-refractivity contribution in [2.45, 2.75) is 0 Å². The summed E-state index contributed by atoms with van der Waals surface area (Å²) in [5.41, 5.74) is 9.33. The molecule has 0 saturated carbocycles. The van der Waals surface area contributed by atoms with Gasteiger partial charge in [-0.15, -0.1) is 0 Å². The number of furan rings is 1. The summed E-state index contributed by atoms with van der Waals surface area (Å²) in [5, 5.41) is 19.6. The van der Waals surface area contributed by atoms with Crippen LogP contribution < -0.4 is 0 Å². The highest BCUT2D eigenvalue weighted by molar-refractivity contribution is 6.31. The van der Waals surface area contributed by atoms with Gasteiger partial charge >= 0.3 is 0 Å². The van der Waals surface area contributed by atoms with Crippen LogP contribution in [0.3, 0.4) is 0 Å². The van der Waals surface area contributed by atoms with Crippen molar-refractivity contribution in [1.82, 2.24) is 0 Å². The Bertz CT molecular complexity index is 3840. The molecule has 59 heavy (non-hydrogen) atoms. The third kappa shape index (κ3) is 4.79. The van der Waals surface area contributed by atoms with Crippen molar-refractivity contribution in [3.8, 4) is 33.4 Å². The fourth-order valence-corrected chi connectivity index (χ4v) is 10.1. The number of hydrogen-bond donors (Lipinski definition) is 0. The van der Waals surface area contributed by atoms with Gasteiger partial charge in [0.05, 0.1) is 0 Å². The number of fused-ring (bicyclic) bond motifs is 13. The van der Waals surface area contributed by atoms with E-state index >= 15 is 0 Å². The number of benzene rings is 12. The SMILES string of the molecule is c1ccc2cc3c(cc2c1)oc1c2ccc(-c4ccc5cc(-c6c7ccccc7c(-c7cccc8ccccc78)c7ccccc67)ccc5c4)cc2c2ccccc2c31. The quantitative estimate of drug-likeness (QED) is 0.130. The zero-order valence-corrected chi connectivity index (χ0v) is 32.0. The molecular formula is C58H34O. The molecule has 12 aromatic carbocycles. The van der Waals surface area contributed by atoms with Gasteiger partial charge in [0, 0.05) is 16.2 Å². The van der Waals surface area contributed by atoms with Gasteiger partial charge in [-0.1, -0.05) is 170 Å². The first-order valence-corrected chi connectivity index (χ1v) is 20.4. The summed E-state index contributed by atoms with van der Waals surface area (Å²) in [5.74, 6) is 0. The van der Waals surface area contributed by atoms with Crippen LogP contribution in [0.2, 0.25) is 0 Å². The Morgan fingerprint density at radius 2 is 0.763 bits per heavy atom. The van der Waals surface area contributed by atoms with E-state index in [9.17, 15) is 0 Å². The highest BCUT2D eigenvalue weighted by Gasteiger charge is 2.20. The van der Waals surface area contributed by atoms with Crippen LogP contribution in [0.5, 0.6) is 0 Å². The van der Waals surface area contributed by atoms with Crippen LogP contribution in [0.1, 0.15) is 0 Å². The standard InChI is InChI=1S/C58H34O/c1-2-14-37-34-54-53(33-36(37)13-1)57-46-18-6-5-17-44(46)52-32-41(28-29-51(52)58(57)59-54)39-24-25-40-31-42(27-26-38(40)30-39)55-47-19-7-9-21-49(47)56(50-22-10-8-20-48(50)55)45-23-11-15-35-12-3-4-16-43(35)45/h1-34H. The normalized spacial score (nSPS) is 12.1. The Kier molecular flexibility index (Phi) is 6.79. The second-order valence-electron chi connectivity index (χ2n) is 16.0. The molecule has 0 N–H and O–H groups in total. The fourth-order valence-electron chi connectivity index (χ4n) is 10.1. The molecule has 0 aliphatic heterocycles. The average molecular weight is 747 g/mol. The molecule has 13 aromatic rings. The molecule has 0 unspecified atom stereocenters. The molecule has 1 nitrogen and oxygen atoms in total. The topological polar surface area (TPSA) is 13.1 Å². The summed E-state index contributed by atoms with van der Waals surface area (Å²) in [6.45, 7) is 0. The Morgan fingerprint density at radius 1 is 0.254 bits per heavy atom. The van der Waals surface area contributed by atoms with E-state index in [0.29, 0.717) is 0 Å². The van der Waals surface area contributed by atoms with Crippen LogP contribution in [0.15, 0.2) is 211 Å². The van der Waals surface area contributed by atoms with E-state index in [1.807, 2.05) is 0 Å². The molecular weight excluding hydrogens is 713 g/mol. The van der Waals surface area contributed by atoms with Gasteiger partial charge in [0.15, 0.2) is 0 Å². The molecule has 0 spiro atoms. The van der Waals surface area contributed by atoms with Crippen LogP contribution in [-0.2, 0) is 0 Å². The minimum atomic E-state index is 0.927. The van der Waals surface area contributed by atoms with Crippen molar-refractivity contribution in [2.24, 2.45) is 0 Å². The summed E-state index contributed by atoms with van der Waals surface area (Å²) < 4.78 is 6.73. The molecule has 0 radical (unpaired) electrons. The molecule has 0 saturated heterocycles. The van der Waals surface area contributed by atoms with Crippen molar-refractivity contribution >= 4 is 97.3 Å². The minimum absolute atomic E-state index is 0.927. The second-order valence-corrected chi connectivity index (χ2v) is 16.0. The van der Waals surface area contributed by atoms with E-state index < -0.39 is 0 Å². The number of rotatable bonds is 3.